The molecule has 1 fully saturated rings. The highest BCUT2D eigenvalue weighted by Gasteiger charge is 2.34. The summed E-state index contributed by atoms with van der Waals surface area (Å²) in [6.45, 7) is 0.287. The zero-order valence-corrected chi connectivity index (χ0v) is 9.72. The second-order valence-corrected chi connectivity index (χ2v) is 4.74. The van der Waals surface area contributed by atoms with E-state index in [-0.39, 0.29) is 12.8 Å². The molecule has 1 aromatic heterocycles. The molecule has 1 aliphatic carbocycles. The molecule has 5 nitrogen and oxygen atoms in total. The Morgan fingerprint density at radius 1 is 1.28 bits per heavy atom. The molecular formula is C13H13N3O2. The van der Waals surface area contributed by atoms with Crippen LogP contribution < -0.4 is 20.5 Å². The zero-order chi connectivity index (χ0) is 12.1. The third-order valence-corrected chi connectivity index (χ3v) is 3.42. The molecule has 2 aliphatic rings. The average Bonchev–Trinajstić information content (AvgIpc) is 2.89. The summed E-state index contributed by atoms with van der Waals surface area (Å²) in [5.41, 5.74) is 5.81. The SMILES string of the molecule is NC1CC1Nc1nccc2cc3c(cc12)OCO3. The average molecular weight is 243 g/mol. The molecular weight excluding hydrogens is 230 g/mol. The molecule has 2 heterocycles. The van der Waals surface area contributed by atoms with Crippen molar-refractivity contribution in [3.05, 3.63) is 24.4 Å². The lowest BCUT2D eigenvalue weighted by molar-refractivity contribution is 0.174. The van der Waals surface area contributed by atoms with E-state index in [0.29, 0.717) is 6.04 Å². The highest BCUT2D eigenvalue weighted by Crippen LogP contribution is 2.38. The van der Waals surface area contributed by atoms with Crippen molar-refractivity contribution in [3.63, 3.8) is 0 Å². The van der Waals surface area contributed by atoms with Crippen molar-refractivity contribution in [2.24, 2.45) is 5.73 Å². The molecule has 2 unspecified atom stereocenters. The van der Waals surface area contributed by atoms with E-state index in [2.05, 4.69) is 10.3 Å². The molecule has 1 aromatic carbocycles. The number of rotatable bonds is 2. The Labute approximate surface area is 104 Å². The summed E-state index contributed by atoms with van der Waals surface area (Å²) in [5.74, 6) is 2.44. The predicted molar refractivity (Wildman–Crippen MR) is 67.9 cm³/mol. The normalized spacial score (nSPS) is 24.3. The topological polar surface area (TPSA) is 69.4 Å². The number of anilines is 1. The first kappa shape index (κ1) is 9.96. The van der Waals surface area contributed by atoms with E-state index >= 15 is 0 Å². The maximum atomic E-state index is 5.81. The van der Waals surface area contributed by atoms with Gasteiger partial charge >= 0.3 is 0 Å². The van der Waals surface area contributed by atoms with Gasteiger partial charge in [0.25, 0.3) is 0 Å². The Hall–Kier alpha value is -2.01. The number of nitrogens with zero attached hydrogens (tertiary/aromatic N) is 1. The Morgan fingerprint density at radius 2 is 2.06 bits per heavy atom. The van der Waals surface area contributed by atoms with E-state index in [1.165, 1.54) is 0 Å². The van der Waals surface area contributed by atoms with Gasteiger partial charge in [0.1, 0.15) is 5.82 Å². The van der Waals surface area contributed by atoms with Crippen LogP contribution in [0.15, 0.2) is 24.4 Å². The molecule has 1 aliphatic heterocycles. The number of nitrogens with one attached hydrogen (secondary N) is 1. The zero-order valence-electron chi connectivity index (χ0n) is 9.72. The highest BCUT2D eigenvalue weighted by molar-refractivity contribution is 5.94. The van der Waals surface area contributed by atoms with Gasteiger partial charge in [-0.15, -0.1) is 0 Å². The molecule has 18 heavy (non-hydrogen) atoms. The Bertz CT molecular complexity index is 629. The third-order valence-electron chi connectivity index (χ3n) is 3.42. The van der Waals surface area contributed by atoms with Crippen molar-refractivity contribution in [2.75, 3.05) is 12.1 Å². The maximum Gasteiger partial charge on any atom is 0.231 e. The van der Waals surface area contributed by atoms with Crippen molar-refractivity contribution in [3.8, 4) is 11.5 Å². The van der Waals surface area contributed by atoms with E-state index in [1.54, 1.807) is 6.20 Å². The molecule has 0 saturated heterocycles. The lowest BCUT2D eigenvalue weighted by Gasteiger charge is -2.08. The monoisotopic (exact) mass is 243 g/mol. The molecule has 3 N–H and O–H groups in total. The minimum absolute atomic E-state index is 0.246. The van der Waals surface area contributed by atoms with E-state index < -0.39 is 0 Å². The van der Waals surface area contributed by atoms with Crippen molar-refractivity contribution >= 4 is 16.6 Å². The fourth-order valence-electron chi connectivity index (χ4n) is 2.23. The summed E-state index contributed by atoms with van der Waals surface area (Å²) < 4.78 is 10.8. The van der Waals surface area contributed by atoms with Gasteiger partial charge in [-0.1, -0.05) is 0 Å². The second-order valence-electron chi connectivity index (χ2n) is 4.74. The summed E-state index contributed by atoms with van der Waals surface area (Å²) in [6, 6.07) is 6.51. The van der Waals surface area contributed by atoms with Crippen LogP contribution in [0.5, 0.6) is 11.5 Å². The summed E-state index contributed by atoms with van der Waals surface area (Å²) in [7, 11) is 0. The van der Waals surface area contributed by atoms with Gasteiger partial charge in [0.2, 0.25) is 6.79 Å². The number of fused-ring (bicyclic) bond motifs is 2. The standard InChI is InChI=1S/C13H13N3O2/c14-9-5-10(9)16-13-8-4-12-11(17-6-18-12)3-7(8)1-2-15-13/h1-4,9-10H,5-6,14H2,(H,15,16). The van der Waals surface area contributed by atoms with Crippen LogP contribution in [0.2, 0.25) is 0 Å². The summed E-state index contributed by atoms with van der Waals surface area (Å²) >= 11 is 0. The molecule has 0 amide bonds. The summed E-state index contributed by atoms with van der Waals surface area (Å²) in [5, 5.41) is 5.50. The number of hydrogen-bond acceptors (Lipinski definition) is 5. The lowest BCUT2D eigenvalue weighted by Crippen LogP contribution is -2.14. The van der Waals surface area contributed by atoms with Crippen molar-refractivity contribution in [1.82, 2.24) is 4.98 Å². The Morgan fingerprint density at radius 3 is 2.83 bits per heavy atom. The van der Waals surface area contributed by atoms with Crippen molar-refractivity contribution < 1.29 is 9.47 Å². The van der Waals surface area contributed by atoms with Crippen LogP contribution in [-0.2, 0) is 0 Å². The van der Waals surface area contributed by atoms with Crippen molar-refractivity contribution in [1.29, 1.82) is 0 Å². The van der Waals surface area contributed by atoms with Crippen LogP contribution in [0.4, 0.5) is 5.82 Å². The smallest absolute Gasteiger partial charge is 0.231 e. The first-order chi connectivity index (χ1) is 8.81. The minimum Gasteiger partial charge on any atom is -0.454 e. The molecule has 92 valence electrons. The van der Waals surface area contributed by atoms with Gasteiger partial charge in [0, 0.05) is 23.7 Å². The lowest BCUT2D eigenvalue weighted by atomic mass is 10.1. The molecule has 2 aromatic rings. The number of benzene rings is 1. The van der Waals surface area contributed by atoms with Gasteiger partial charge in [0.05, 0.1) is 0 Å². The number of aromatic nitrogens is 1. The number of hydrogen-bond donors (Lipinski definition) is 2. The minimum atomic E-state index is 0.246. The fourth-order valence-corrected chi connectivity index (χ4v) is 2.23. The molecule has 1 saturated carbocycles. The first-order valence-electron chi connectivity index (χ1n) is 6.02. The van der Waals surface area contributed by atoms with Gasteiger partial charge in [-0.05, 0) is 30.0 Å². The largest absolute Gasteiger partial charge is 0.454 e. The van der Waals surface area contributed by atoms with E-state index in [0.717, 1.165) is 34.5 Å². The third kappa shape index (κ3) is 1.48. The quantitative estimate of drug-likeness (QED) is 0.836. The van der Waals surface area contributed by atoms with Crippen molar-refractivity contribution in [2.45, 2.75) is 18.5 Å². The first-order valence-corrected chi connectivity index (χ1v) is 6.02. The highest BCUT2D eigenvalue weighted by atomic mass is 16.7. The van der Waals surface area contributed by atoms with Gasteiger partial charge in [0.15, 0.2) is 11.5 Å². The van der Waals surface area contributed by atoms with Gasteiger partial charge in [-0.25, -0.2) is 4.98 Å². The number of pyridine rings is 1. The molecule has 2 atom stereocenters. The van der Waals surface area contributed by atoms with Crippen LogP contribution >= 0.6 is 0 Å². The fraction of sp³-hybridized carbons (Fsp3) is 0.308. The maximum absolute atomic E-state index is 5.81. The summed E-state index contributed by atoms with van der Waals surface area (Å²) in [6.07, 6.45) is 2.80. The van der Waals surface area contributed by atoms with Crippen LogP contribution in [0.3, 0.4) is 0 Å². The second kappa shape index (κ2) is 3.49. The number of ether oxygens (including phenoxy) is 2. The number of nitrogens with two attached hydrogens (primary N) is 1. The molecule has 0 bridgehead atoms. The summed E-state index contributed by atoms with van der Waals surface area (Å²) in [4.78, 5) is 4.38. The van der Waals surface area contributed by atoms with Crippen LogP contribution in [0.25, 0.3) is 10.8 Å². The van der Waals surface area contributed by atoms with E-state index in [9.17, 15) is 0 Å². The molecule has 0 spiro atoms. The molecule has 4 rings (SSSR count). The van der Waals surface area contributed by atoms with Gasteiger partial charge in [-0.2, -0.15) is 0 Å². The van der Waals surface area contributed by atoms with Crippen LogP contribution in [-0.4, -0.2) is 23.9 Å². The Balaban J connectivity index is 1.82. The van der Waals surface area contributed by atoms with E-state index in [4.69, 9.17) is 15.2 Å². The molecule has 5 heteroatoms. The van der Waals surface area contributed by atoms with E-state index in [1.807, 2.05) is 18.2 Å². The predicted octanol–water partition coefficient (Wildman–Crippen LogP) is 1.47. The Kier molecular flexibility index (Phi) is 1.93. The van der Waals surface area contributed by atoms with Crippen LogP contribution in [0, 0.1) is 0 Å². The van der Waals surface area contributed by atoms with Crippen LogP contribution in [0.1, 0.15) is 6.42 Å². The molecule has 0 radical (unpaired) electrons. The van der Waals surface area contributed by atoms with Gasteiger partial charge < -0.3 is 20.5 Å². The van der Waals surface area contributed by atoms with Gasteiger partial charge in [-0.3, -0.25) is 0 Å².